The third kappa shape index (κ3) is 3.21. The first-order valence-corrected chi connectivity index (χ1v) is 6.09. The summed E-state index contributed by atoms with van der Waals surface area (Å²) in [6, 6.07) is 5.31. The average Bonchev–Trinajstić information content (AvgIpc) is 2.34. The van der Waals surface area contributed by atoms with E-state index >= 15 is 0 Å². The molecule has 0 atom stereocenters. The van der Waals surface area contributed by atoms with Crippen molar-refractivity contribution in [2.75, 3.05) is 6.54 Å². The van der Waals surface area contributed by atoms with Gasteiger partial charge in [0.2, 0.25) is 0 Å². The second-order valence-corrected chi connectivity index (χ2v) is 5.24. The minimum Gasteiger partial charge on any atom is -0.389 e. The van der Waals surface area contributed by atoms with Crippen LogP contribution in [0.4, 0.5) is 4.39 Å². The highest BCUT2D eigenvalue weighted by Crippen LogP contribution is 2.12. The van der Waals surface area contributed by atoms with Crippen molar-refractivity contribution in [3.8, 4) is 0 Å². The molecule has 106 valence electrons. The molecule has 0 saturated carbocycles. The lowest BCUT2D eigenvalue weighted by molar-refractivity contribution is 0.0693. The summed E-state index contributed by atoms with van der Waals surface area (Å²) in [4.78, 5) is 26.2. The van der Waals surface area contributed by atoms with Crippen LogP contribution in [0.3, 0.4) is 0 Å². The number of aromatic amines is 1. The zero-order valence-electron chi connectivity index (χ0n) is 11.2. The van der Waals surface area contributed by atoms with Gasteiger partial charge >= 0.3 is 0 Å². The predicted molar refractivity (Wildman–Crippen MR) is 73.2 cm³/mol. The minimum absolute atomic E-state index is 0.0206. The van der Waals surface area contributed by atoms with Crippen LogP contribution < -0.4 is 10.9 Å². The number of benzene rings is 1. The van der Waals surface area contributed by atoms with E-state index < -0.39 is 22.9 Å². The topological polar surface area (TPSA) is 82.2 Å². The molecule has 6 heteroatoms. The highest BCUT2D eigenvalue weighted by atomic mass is 19.1. The number of hydrogen-bond donors (Lipinski definition) is 3. The number of carbonyl (C=O) groups is 1. The summed E-state index contributed by atoms with van der Waals surface area (Å²) in [5, 5.41) is 12.6. The summed E-state index contributed by atoms with van der Waals surface area (Å²) in [5.41, 5.74) is -1.42. The molecule has 0 saturated heterocycles. The number of amides is 1. The maximum atomic E-state index is 13.1. The fraction of sp³-hybridized carbons (Fsp3) is 0.286. The van der Waals surface area contributed by atoms with E-state index in [2.05, 4.69) is 10.3 Å². The fourth-order valence-corrected chi connectivity index (χ4v) is 1.73. The second-order valence-electron chi connectivity index (χ2n) is 5.24. The van der Waals surface area contributed by atoms with Crippen LogP contribution in [0.25, 0.3) is 10.9 Å². The molecule has 2 aromatic rings. The smallest absolute Gasteiger partial charge is 0.261 e. The molecule has 0 bridgehead atoms. The summed E-state index contributed by atoms with van der Waals surface area (Å²) in [7, 11) is 0. The van der Waals surface area contributed by atoms with Gasteiger partial charge in [0.1, 0.15) is 11.4 Å². The van der Waals surface area contributed by atoms with Gasteiger partial charge < -0.3 is 15.4 Å². The molecule has 1 aromatic heterocycles. The molecular formula is C14H15FN2O3. The van der Waals surface area contributed by atoms with Crippen molar-refractivity contribution in [3.05, 3.63) is 46.0 Å². The molecule has 5 nitrogen and oxygen atoms in total. The number of rotatable bonds is 3. The van der Waals surface area contributed by atoms with Crippen molar-refractivity contribution in [3.63, 3.8) is 0 Å². The number of pyridine rings is 1. The Balaban J connectivity index is 2.35. The average molecular weight is 278 g/mol. The van der Waals surface area contributed by atoms with Crippen LogP contribution in [-0.4, -0.2) is 28.1 Å². The van der Waals surface area contributed by atoms with E-state index in [1.165, 1.54) is 24.3 Å². The van der Waals surface area contributed by atoms with Crippen molar-refractivity contribution in [1.82, 2.24) is 10.3 Å². The Morgan fingerprint density at radius 2 is 2.10 bits per heavy atom. The quantitative estimate of drug-likeness (QED) is 0.788. The Kier molecular flexibility index (Phi) is 3.59. The van der Waals surface area contributed by atoms with Crippen molar-refractivity contribution in [1.29, 1.82) is 0 Å². The second kappa shape index (κ2) is 5.05. The lowest BCUT2D eigenvalue weighted by Crippen LogP contribution is -2.39. The maximum Gasteiger partial charge on any atom is 0.261 e. The molecular weight excluding hydrogens is 263 g/mol. The number of aromatic nitrogens is 1. The van der Waals surface area contributed by atoms with Gasteiger partial charge in [0, 0.05) is 6.54 Å². The molecule has 0 aliphatic carbocycles. The van der Waals surface area contributed by atoms with E-state index in [0.717, 1.165) is 0 Å². The predicted octanol–water partition coefficient (Wildman–Crippen LogP) is 1.17. The highest BCUT2D eigenvalue weighted by molar-refractivity contribution is 5.97. The van der Waals surface area contributed by atoms with Crippen LogP contribution in [0.15, 0.2) is 29.1 Å². The SMILES string of the molecule is CC(C)(O)CNC(=O)c1cc2ccc(F)cc2[nH]c1=O. The largest absolute Gasteiger partial charge is 0.389 e. The highest BCUT2D eigenvalue weighted by Gasteiger charge is 2.17. The summed E-state index contributed by atoms with van der Waals surface area (Å²) in [5.74, 6) is -1.05. The number of H-pyrrole nitrogens is 1. The van der Waals surface area contributed by atoms with Crippen molar-refractivity contribution in [2.45, 2.75) is 19.4 Å². The van der Waals surface area contributed by atoms with Crippen LogP contribution in [0.1, 0.15) is 24.2 Å². The molecule has 0 aliphatic rings. The molecule has 0 aliphatic heterocycles. The molecule has 1 amide bonds. The summed E-state index contributed by atoms with van der Waals surface area (Å²) >= 11 is 0. The van der Waals surface area contributed by atoms with E-state index in [0.29, 0.717) is 10.9 Å². The lowest BCUT2D eigenvalue weighted by Gasteiger charge is -2.17. The Labute approximate surface area is 114 Å². The van der Waals surface area contributed by atoms with Gasteiger partial charge in [0.15, 0.2) is 0 Å². The number of halogens is 1. The van der Waals surface area contributed by atoms with Gasteiger partial charge in [-0.2, -0.15) is 0 Å². The van der Waals surface area contributed by atoms with Gasteiger partial charge in [-0.25, -0.2) is 4.39 Å². The fourth-order valence-electron chi connectivity index (χ4n) is 1.73. The lowest BCUT2D eigenvalue weighted by atomic mass is 10.1. The first-order chi connectivity index (χ1) is 9.26. The zero-order valence-corrected chi connectivity index (χ0v) is 11.2. The van der Waals surface area contributed by atoms with Crippen molar-refractivity contribution in [2.24, 2.45) is 0 Å². The van der Waals surface area contributed by atoms with Crippen LogP contribution in [0, 0.1) is 5.82 Å². The monoisotopic (exact) mass is 278 g/mol. The molecule has 0 unspecified atom stereocenters. The van der Waals surface area contributed by atoms with Gasteiger partial charge in [-0.05, 0) is 43.5 Å². The molecule has 1 aromatic carbocycles. The van der Waals surface area contributed by atoms with Crippen molar-refractivity contribution >= 4 is 16.8 Å². The summed E-state index contributed by atoms with van der Waals surface area (Å²) in [6.45, 7) is 3.11. The molecule has 0 radical (unpaired) electrons. The Morgan fingerprint density at radius 1 is 1.40 bits per heavy atom. The van der Waals surface area contributed by atoms with Crippen LogP contribution in [-0.2, 0) is 0 Å². The third-order valence-electron chi connectivity index (χ3n) is 2.73. The summed E-state index contributed by atoms with van der Waals surface area (Å²) < 4.78 is 13.1. The van der Waals surface area contributed by atoms with Gasteiger partial charge in [-0.15, -0.1) is 0 Å². The van der Waals surface area contributed by atoms with E-state index in [4.69, 9.17) is 0 Å². The van der Waals surface area contributed by atoms with E-state index in [-0.39, 0.29) is 12.1 Å². The maximum absolute atomic E-state index is 13.1. The van der Waals surface area contributed by atoms with E-state index in [9.17, 15) is 19.1 Å². The van der Waals surface area contributed by atoms with Crippen LogP contribution >= 0.6 is 0 Å². The normalized spacial score (nSPS) is 11.6. The number of aliphatic hydroxyl groups is 1. The molecule has 3 N–H and O–H groups in total. The first kappa shape index (κ1) is 14.2. The van der Waals surface area contributed by atoms with Crippen molar-refractivity contribution < 1.29 is 14.3 Å². The van der Waals surface area contributed by atoms with Gasteiger partial charge in [0.05, 0.1) is 11.1 Å². The number of hydrogen-bond acceptors (Lipinski definition) is 3. The van der Waals surface area contributed by atoms with Gasteiger partial charge in [-0.1, -0.05) is 0 Å². The van der Waals surface area contributed by atoms with Gasteiger partial charge in [-0.3, -0.25) is 9.59 Å². The first-order valence-electron chi connectivity index (χ1n) is 6.09. The Bertz CT molecular complexity index is 716. The Hall–Kier alpha value is -2.21. The number of carbonyl (C=O) groups excluding carboxylic acids is 1. The van der Waals surface area contributed by atoms with Crippen LogP contribution in [0.2, 0.25) is 0 Å². The third-order valence-corrected chi connectivity index (χ3v) is 2.73. The molecule has 20 heavy (non-hydrogen) atoms. The number of fused-ring (bicyclic) bond motifs is 1. The van der Waals surface area contributed by atoms with Gasteiger partial charge in [0.25, 0.3) is 11.5 Å². The van der Waals surface area contributed by atoms with E-state index in [1.807, 2.05) is 0 Å². The zero-order chi connectivity index (χ0) is 14.9. The molecule has 1 heterocycles. The Morgan fingerprint density at radius 3 is 2.75 bits per heavy atom. The molecule has 0 spiro atoms. The minimum atomic E-state index is -1.07. The van der Waals surface area contributed by atoms with E-state index in [1.54, 1.807) is 13.8 Å². The standard InChI is InChI=1S/C14H15FN2O3/c1-14(2,20)7-16-12(18)10-5-8-3-4-9(15)6-11(8)17-13(10)19/h3-6,20H,7H2,1-2H3,(H,16,18)(H,17,19). The molecule has 0 fully saturated rings. The van der Waals surface area contributed by atoms with Crippen LogP contribution in [0.5, 0.6) is 0 Å². The summed E-state index contributed by atoms with van der Waals surface area (Å²) in [6.07, 6.45) is 0. The molecule has 2 rings (SSSR count). The number of nitrogens with one attached hydrogen (secondary N) is 2.